The number of aliphatic hydroxyl groups is 1. The summed E-state index contributed by atoms with van der Waals surface area (Å²) >= 11 is 0. The first-order chi connectivity index (χ1) is 15.1. The Morgan fingerprint density at radius 3 is 2.50 bits per heavy atom. The summed E-state index contributed by atoms with van der Waals surface area (Å²) in [7, 11) is 0. The van der Waals surface area contributed by atoms with Crippen LogP contribution in [0, 0.1) is 5.92 Å². The van der Waals surface area contributed by atoms with E-state index in [9.17, 15) is 29.1 Å². The minimum Gasteiger partial charge on any atom is -0.383 e. The van der Waals surface area contributed by atoms with Crippen LogP contribution in [-0.2, 0) is 24.0 Å². The van der Waals surface area contributed by atoms with Crippen LogP contribution in [-0.4, -0.2) is 81.5 Å². The molecule has 0 radical (unpaired) electrons. The van der Waals surface area contributed by atoms with Crippen LogP contribution >= 0.6 is 0 Å². The second-order valence-electron chi connectivity index (χ2n) is 9.02. The van der Waals surface area contributed by atoms with Gasteiger partial charge in [0.25, 0.3) is 11.8 Å². The molecule has 2 fully saturated rings. The van der Waals surface area contributed by atoms with E-state index >= 15 is 0 Å². The van der Waals surface area contributed by atoms with Crippen LogP contribution in [0.25, 0.3) is 0 Å². The third-order valence-electron chi connectivity index (χ3n) is 6.59. The van der Waals surface area contributed by atoms with Crippen LogP contribution in [0.2, 0.25) is 0 Å². The van der Waals surface area contributed by atoms with Crippen LogP contribution in [0.5, 0.6) is 0 Å². The summed E-state index contributed by atoms with van der Waals surface area (Å²) in [5, 5.41) is 10.3. The lowest BCUT2D eigenvalue weighted by molar-refractivity contribution is -0.171. The predicted octanol–water partition coefficient (Wildman–Crippen LogP) is -0.503. The van der Waals surface area contributed by atoms with Crippen LogP contribution < -0.4 is 11.5 Å². The van der Waals surface area contributed by atoms with Gasteiger partial charge in [-0.05, 0) is 51.0 Å². The van der Waals surface area contributed by atoms with Gasteiger partial charge in [0.1, 0.15) is 12.1 Å². The first-order valence-corrected chi connectivity index (χ1v) is 11.4. The van der Waals surface area contributed by atoms with Crippen molar-refractivity contribution in [3.63, 3.8) is 0 Å². The number of nitrogens with two attached hydrogens (primary N) is 2. The van der Waals surface area contributed by atoms with E-state index in [2.05, 4.69) is 0 Å². The number of rotatable bonds is 8. The Morgan fingerprint density at radius 2 is 1.91 bits per heavy atom. The molecule has 0 aromatic carbocycles. The molecule has 5 N–H and O–H groups in total. The number of hydrogen-bond donors (Lipinski definition) is 3. The Kier molecular flexibility index (Phi) is 9.06. The lowest BCUT2D eigenvalue weighted by atomic mass is 9.77. The molecule has 2 aliphatic rings. The van der Waals surface area contributed by atoms with Crippen molar-refractivity contribution in [1.29, 1.82) is 0 Å². The summed E-state index contributed by atoms with van der Waals surface area (Å²) < 4.78 is 0. The van der Waals surface area contributed by atoms with Gasteiger partial charge in [-0.25, -0.2) is 0 Å². The standard InChI is InChI=1S/C22H36N4O6/c1-14(2)22(13-27)18(29)10-5-9-17(28)21(32)26(22)20(31)16-8-6-12-25(16)19(30)15(24)7-3-4-11-23/h13-17,28H,3-12,23-24H2,1-2H3/t15-,16-,17?,22+/m0/s1. The number of carbonyl (C=O) groups excluding carboxylic acids is 5. The van der Waals surface area contributed by atoms with Gasteiger partial charge < -0.3 is 26.3 Å². The zero-order chi connectivity index (χ0) is 24.1. The predicted molar refractivity (Wildman–Crippen MR) is 116 cm³/mol. The highest BCUT2D eigenvalue weighted by Gasteiger charge is 2.55. The molecule has 1 unspecified atom stereocenters. The van der Waals surface area contributed by atoms with E-state index in [1.807, 2.05) is 0 Å². The lowest BCUT2D eigenvalue weighted by Crippen LogP contribution is -2.68. The van der Waals surface area contributed by atoms with Gasteiger partial charge in [0.15, 0.2) is 17.6 Å². The number of unbranched alkanes of at least 4 members (excludes halogenated alkanes) is 1. The van der Waals surface area contributed by atoms with E-state index in [1.54, 1.807) is 13.8 Å². The molecule has 4 atom stereocenters. The van der Waals surface area contributed by atoms with Crippen LogP contribution in [0.15, 0.2) is 0 Å². The van der Waals surface area contributed by atoms with E-state index in [0.717, 1.165) is 6.42 Å². The van der Waals surface area contributed by atoms with Crippen LogP contribution in [0.4, 0.5) is 0 Å². The summed E-state index contributed by atoms with van der Waals surface area (Å²) in [4.78, 5) is 67.1. The molecule has 2 saturated heterocycles. The van der Waals surface area contributed by atoms with Crippen molar-refractivity contribution in [3.05, 3.63) is 0 Å². The minimum atomic E-state index is -2.02. The second-order valence-corrected chi connectivity index (χ2v) is 9.02. The molecule has 0 bridgehead atoms. The normalized spacial score (nSPS) is 27.9. The molecule has 180 valence electrons. The number of amides is 3. The molecule has 2 rings (SSSR count). The molecule has 0 aromatic rings. The topological polar surface area (TPSA) is 164 Å². The maximum atomic E-state index is 13.7. The van der Waals surface area contributed by atoms with Crippen molar-refractivity contribution >= 4 is 29.8 Å². The van der Waals surface area contributed by atoms with E-state index in [-0.39, 0.29) is 32.2 Å². The molecule has 32 heavy (non-hydrogen) atoms. The number of nitrogens with zero attached hydrogens (tertiary/aromatic N) is 2. The summed E-state index contributed by atoms with van der Waals surface area (Å²) in [5.41, 5.74) is 9.52. The molecule has 2 aliphatic heterocycles. The number of carbonyl (C=O) groups is 5. The number of imide groups is 1. The van der Waals surface area contributed by atoms with Gasteiger partial charge in [-0.1, -0.05) is 20.3 Å². The number of Topliss-reactive ketones (excluding diaryl/α,β-unsaturated/α-hetero) is 1. The summed E-state index contributed by atoms with van der Waals surface area (Å²) in [6, 6.07) is -1.84. The van der Waals surface area contributed by atoms with Gasteiger partial charge in [-0.3, -0.25) is 24.1 Å². The van der Waals surface area contributed by atoms with E-state index in [0.29, 0.717) is 37.0 Å². The number of aliphatic hydroxyl groups excluding tert-OH is 1. The maximum absolute atomic E-state index is 13.7. The highest BCUT2D eigenvalue weighted by Crippen LogP contribution is 2.33. The van der Waals surface area contributed by atoms with E-state index < -0.39 is 53.1 Å². The Labute approximate surface area is 188 Å². The van der Waals surface area contributed by atoms with Crippen molar-refractivity contribution in [2.45, 2.75) is 88.9 Å². The van der Waals surface area contributed by atoms with Crippen molar-refractivity contribution in [2.75, 3.05) is 13.1 Å². The summed E-state index contributed by atoms with van der Waals surface area (Å²) in [6.07, 6.45) is 1.66. The van der Waals surface area contributed by atoms with E-state index in [1.165, 1.54) is 4.90 Å². The Bertz CT molecular complexity index is 742. The Balaban J connectivity index is 2.40. The maximum Gasteiger partial charge on any atom is 0.259 e. The lowest BCUT2D eigenvalue weighted by Gasteiger charge is -2.44. The van der Waals surface area contributed by atoms with Crippen LogP contribution in [0.1, 0.15) is 65.2 Å². The molecule has 0 saturated carbocycles. The zero-order valence-corrected chi connectivity index (χ0v) is 19.0. The van der Waals surface area contributed by atoms with Crippen LogP contribution in [0.3, 0.4) is 0 Å². The van der Waals surface area contributed by atoms with Crippen molar-refractivity contribution in [2.24, 2.45) is 17.4 Å². The molecule has 2 heterocycles. The Morgan fingerprint density at radius 1 is 1.22 bits per heavy atom. The van der Waals surface area contributed by atoms with Gasteiger partial charge in [-0.2, -0.15) is 0 Å². The highest BCUT2D eigenvalue weighted by molar-refractivity contribution is 6.14. The molecule has 3 amide bonds. The second kappa shape index (κ2) is 11.1. The fourth-order valence-corrected chi connectivity index (χ4v) is 4.64. The number of hydrogen-bond acceptors (Lipinski definition) is 8. The average molecular weight is 453 g/mol. The van der Waals surface area contributed by atoms with E-state index in [4.69, 9.17) is 11.5 Å². The molecule has 10 nitrogen and oxygen atoms in total. The summed E-state index contributed by atoms with van der Waals surface area (Å²) in [6.45, 7) is 3.94. The molecule has 0 spiro atoms. The van der Waals surface area contributed by atoms with Crippen molar-refractivity contribution in [3.8, 4) is 0 Å². The third-order valence-corrected chi connectivity index (χ3v) is 6.59. The Hall–Kier alpha value is -2.17. The van der Waals surface area contributed by atoms with Gasteiger partial charge in [0, 0.05) is 13.0 Å². The number of ketones is 1. The smallest absolute Gasteiger partial charge is 0.259 e. The zero-order valence-electron chi connectivity index (χ0n) is 19.0. The monoisotopic (exact) mass is 452 g/mol. The average Bonchev–Trinajstić information content (AvgIpc) is 3.24. The molecule has 0 aromatic heterocycles. The minimum absolute atomic E-state index is 0.0146. The third kappa shape index (κ3) is 4.92. The molecule has 10 heteroatoms. The van der Waals surface area contributed by atoms with Crippen molar-refractivity contribution in [1.82, 2.24) is 9.80 Å². The van der Waals surface area contributed by atoms with Gasteiger partial charge in [0.2, 0.25) is 5.91 Å². The largest absolute Gasteiger partial charge is 0.383 e. The first kappa shape index (κ1) is 26.1. The SMILES string of the molecule is CC(C)[C@]1(C=O)C(=O)CCCC(O)C(=O)N1C(=O)[C@@H]1CCCN1C(=O)[C@@H](N)CCCCN. The van der Waals surface area contributed by atoms with Crippen molar-refractivity contribution < 1.29 is 29.1 Å². The van der Waals surface area contributed by atoms with Gasteiger partial charge in [-0.15, -0.1) is 0 Å². The molecule has 0 aliphatic carbocycles. The fourth-order valence-electron chi connectivity index (χ4n) is 4.64. The number of aldehydes is 1. The van der Waals surface area contributed by atoms with Gasteiger partial charge >= 0.3 is 0 Å². The fraction of sp³-hybridized carbons (Fsp3) is 0.773. The number of likely N-dealkylation sites (tertiary alicyclic amines) is 2. The molecular formula is C22H36N4O6. The summed E-state index contributed by atoms with van der Waals surface area (Å²) in [5.74, 6) is -3.44. The first-order valence-electron chi connectivity index (χ1n) is 11.4. The molecular weight excluding hydrogens is 416 g/mol. The van der Waals surface area contributed by atoms with Gasteiger partial charge in [0.05, 0.1) is 6.04 Å². The quantitative estimate of drug-likeness (QED) is 0.192. The highest BCUT2D eigenvalue weighted by atomic mass is 16.3.